The average molecular weight is 384 g/mol. The Labute approximate surface area is 166 Å². The van der Waals surface area contributed by atoms with Crippen LogP contribution in [0.3, 0.4) is 0 Å². The molecule has 0 unspecified atom stereocenters. The number of carbonyl (C=O) groups is 2. The predicted molar refractivity (Wildman–Crippen MR) is 109 cm³/mol. The zero-order valence-electron chi connectivity index (χ0n) is 16.9. The predicted octanol–water partition coefficient (Wildman–Crippen LogP) is 2.92. The van der Waals surface area contributed by atoms with Crippen molar-refractivity contribution in [1.82, 2.24) is 10.6 Å². The molecule has 0 saturated carbocycles. The fourth-order valence-electron chi connectivity index (χ4n) is 2.53. The van der Waals surface area contributed by atoms with Crippen LogP contribution in [0.2, 0.25) is 0 Å². The number of nitrogens with one attached hydrogen (secondary N) is 2. The van der Waals surface area contributed by atoms with E-state index in [0.717, 1.165) is 0 Å². The summed E-state index contributed by atoms with van der Waals surface area (Å²) in [6, 6.07) is 14.7. The first-order valence-electron chi connectivity index (χ1n) is 9.22. The monoisotopic (exact) mass is 384 g/mol. The van der Waals surface area contributed by atoms with Crippen molar-refractivity contribution in [1.29, 1.82) is 0 Å². The van der Waals surface area contributed by atoms with E-state index >= 15 is 0 Å². The normalized spacial score (nSPS) is 10.9. The largest absolute Gasteiger partial charge is 0.493 e. The SMILES string of the molecule is COc1ccccc1OCC(=O)NCCNC(=O)c1ccc(C(C)(C)C)cc1. The number of ether oxygens (including phenoxy) is 2. The summed E-state index contributed by atoms with van der Waals surface area (Å²) in [6.45, 7) is 6.91. The quantitative estimate of drug-likeness (QED) is 0.686. The van der Waals surface area contributed by atoms with Crippen LogP contribution in [-0.2, 0) is 10.2 Å². The van der Waals surface area contributed by atoms with Crippen molar-refractivity contribution in [3.8, 4) is 11.5 Å². The van der Waals surface area contributed by atoms with E-state index in [0.29, 0.717) is 30.2 Å². The van der Waals surface area contributed by atoms with Crippen molar-refractivity contribution in [2.24, 2.45) is 0 Å². The van der Waals surface area contributed by atoms with Crippen molar-refractivity contribution in [3.05, 3.63) is 59.7 Å². The molecule has 0 radical (unpaired) electrons. The number of para-hydroxylation sites is 2. The Hall–Kier alpha value is -3.02. The van der Waals surface area contributed by atoms with E-state index in [-0.39, 0.29) is 23.8 Å². The highest BCUT2D eigenvalue weighted by Gasteiger charge is 2.14. The van der Waals surface area contributed by atoms with Gasteiger partial charge in [0.1, 0.15) is 0 Å². The van der Waals surface area contributed by atoms with Gasteiger partial charge in [-0.25, -0.2) is 0 Å². The van der Waals surface area contributed by atoms with Gasteiger partial charge in [0.05, 0.1) is 7.11 Å². The number of benzene rings is 2. The van der Waals surface area contributed by atoms with Gasteiger partial charge in [-0.3, -0.25) is 9.59 Å². The van der Waals surface area contributed by atoms with Crippen LogP contribution in [0.1, 0.15) is 36.7 Å². The number of amides is 2. The molecule has 0 aliphatic carbocycles. The Morgan fingerprint density at radius 3 is 2.11 bits per heavy atom. The smallest absolute Gasteiger partial charge is 0.258 e. The van der Waals surface area contributed by atoms with Crippen LogP contribution in [0, 0.1) is 0 Å². The third-order valence-electron chi connectivity index (χ3n) is 4.17. The second-order valence-corrected chi connectivity index (χ2v) is 7.37. The summed E-state index contributed by atoms with van der Waals surface area (Å²) in [7, 11) is 1.54. The lowest BCUT2D eigenvalue weighted by molar-refractivity contribution is -0.123. The van der Waals surface area contributed by atoms with Crippen LogP contribution >= 0.6 is 0 Å². The average Bonchev–Trinajstić information content (AvgIpc) is 2.69. The minimum atomic E-state index is -0.269. The second kappa shape index (κ2) is 9.78. The Balaban J connectivity index is 1.70. The molecule has 0 spiro atoms. The summed E-state index contributed by atoms with van der Waals surface area (Å²) < 4.78 is 10.6. The molecule has 0 aliphatic rings. The molecule has 28 heavy (non-hydrogen) atoms. The van der Waals surface area contributed by atoms with Gasteiger partial charge in [-0.15, -0.1) is 0 Å². The molecule has 2 rings (SSSR count). The van der Waals surface area contributed by atoms with Crippen molar-refractivity contribution in [2.75, 3.05) is 26.8 Å². The topological polar surface area (TPSA) is 76.7 Å². The first-order valence-corrected chi connectivity index (χ1v) is 9.22. The second-order valence-electron chi connectivity index (χ2n) is 7.37. The number of hydrogen-bond donors (Lipinski definition) is 2. The van der Waals surface area contributed by atoms with Crippen LogP contribution < -0.4 is 20.1 Å². The van der Waals surface area contributed by atoms with E-state index in [9.17, 15) is 9.59 Å². The van der Waals surface area contributed by atoms with Crippen molar-refractivity contribution in [2.45, 2.75) is 26.2 Å². The van der Waals surface area contributed by atoms with Crippen molar-refractivity contribution in [3.63, 3.8) is 0 Å². The maximum absolute atomic E-state index is 12.2. The van der Waals surface area contributed by atoms with E-state index in [4.69, 9.17) is 9.47 Å². The molecule has 2 aromatic carbocycles. The Bertz CT molecular complexity index is 795. The molecule has 6 heteroatoms. The van der Waals surface area contributed by atoms with E-state index in [1.165, 1.54) is 5.56 Å². The Morgan fingerprint density at radius 2 is 1.50 bits per heavy atom. The van der Waals surface area contributed by atoms with Gasteiger partial charge in [-0.1, -0.05) is 45.0 Å². The zero-order valence-corrected chi connectivity index (χ0v) is 16.9. The maximum atomic E-state index is 12.2. The first kappa shape index (κ1) is 21.3. The van der Waals surface area contributed by atoms with Gasteiger partial charge in [0.15, 0.2) is 18.1 Å². The molecule has 0 fully saturated rings. The van der Waals surface area contributed by atoms with Crippen LogP contribution in [0.4, 0.5) is 0 Å². The summed E-state index contributed by atoms with van der Waals surface area (Å²) in [5, 5.41) is 5.50. The van der Waals surface area contributed by atoms with E-state index in [2.05, 4.69) is 31.4 Å². The van der Waals surface area contributed by atoms with E-state index in [1.54, 1.807) is 25.3 Å². The highest BCUT2D eigenvalue weighted by Crippen LogP contribution is 2.25. The first-order chi connectivity index (χ1) is 13.3. The van der Waals surface area contributed by atoms with Crippen LogP contribution in [0.5, 0.6) is 11.5 Å². The molecule has 0 aromatic heterocycles. The Kier molecular flexibility index (Phi) is 7.44. The number of carbonyl (C=O) groups excluding carboxylic acids is 2. The van der Waals surface area contributed by atoms with Crippen LogP contribution in [-0.4, -0.2) is 38.6 Å². The molecule has 2 N–H and O–H groups in total. The fraction of sp³-hybridized carbons (Fsp3) is 0.364. The molecule has 0 aliphatic heterocycles. The van der Waals surface area contributed by atoms with Gasteiger partial charge in [0, 0.05) is 18.7 Å². The van der Waals surface area contributed by atoms with Crippen LogP contribution in [0.25, 0.3) is 0 Å². The minimum absolute atomic E-state index is 0.0468. The van der Waals surface area contributed by atoms with Gasteiger partial charge in [0.2, 0.25) is 0 Å². The molecular weight excluding hydrogens is 356 g/mol. The summed E-state index contributed by atoms with van der Waals surface area (Å²) in [4.78, 5) is 24.0. The zero-order chi connectivity index (χ0) is 20.6. The highest BCUT2D eigenvalue weighted by atomic mass is 16.5. The lowest BCUT2D eigenvalue weighted by atomic mass is 9.87. The summed E-state index contributed by atoms with van der Waals surface area (Å²) >= 11 is 0. The standard InChI is InChI=1S/C22H28N2O4/c1-22(2,3)17-11-9-16(10-12-17)21(26)24-14-13-23-20(25)15-28-19-8-6-5-7-18(19)27-4/h5-12H,13-15H2,1-4H3,(H,23,25)(H,24,26). The number of rotatable bonds is 8. The summed E-state index contributed by atoms with van der Waals surface area (Å²) in [5.41, 5.74) is 1.82. The lowest BCUT2D eigenvalue weighted by Crippen LogP contribution is -2.36. The molecule has 150 valence electrons. The van der Waals surface area contributed by atoms with Gasteiger partial charge < -0.3 is 20.1 Å². The lowest BCUT2D eigenvalue weighted by Gasteiger charge is -2.19. The summed E-state index contributed by atoms with van der Waals surface area (Å²) in [6.07, 6.45) is 0. The van der Waals surface area contributed by atoms with Crippen molar-refractivity contribution < 1.29 is 19.1 Å². The number of hydrogen-bond acceptors (Lipinski definition) is 4. The third kappa shape index (κ3) is 6.30. The molecule has 2 amide bonds. The third-order valence-corrected chi connectivity index (χ3v) is 4.17. The van der Waals surface area contributed by atoms with E-state index in [1.807, 2.05) is 30.3 Å². The van der Waals surface area contributed by atoms with Gasteiger partial charge in [-0.05, 0) is 35.2 Å². The summed E-state index contributed by atoms with van der Waals surface area (Å²) in [5.74, 6) is 0.641. The van der Waals surface area contributed by atoms with Crippen LogP contribution in [0.15, 0.2) is 48.5 Å². The molecule has 2 aromatic rings. The van der Waals surface area contributed by atoms with E-state index < -0.39 is 0 Å². The number of methoxy groups -OCH3 is 1. The fourth-order valence-corrected chi connectivity index (χ4v) is 2.53. The molecule has 0 heterocycles. The minimum Gasteiger partial charge on any atom is -0.493 e. The molecule has 0 saturated heterocycles. The molecule has 6 nitrogen and oxygen atoms in total. The van der Waals surface area contributed by atoms with Crippen molar-refractivity contribution >= 4 is 11.8 Å². The molecular formula is C22H28N2O4. The highest BCUT2D eigenvalue weighted by molar-refractivity contribution is 5.94. The molecule has 0 bridgehead atoms. The van der Waals surface area contributed by atoms with Gasteiger partial charge >= 0.3 is 0 Å². The maximum Gasteiger partial charge on any atom is 0.258 e. The van der Waals surface area contributed by atoms with Gasteiger partial charge in [-0.2, -0.15) is 0 Å². The Morgan fingerprint density at radius 1 is 0.893 bits per heavy atom. The molecule has 0 atom stereocenters. The van der Waals surface area contributed by atoms with Gasteiger partial charge in [0.25, 0.3) is 11.8 Å².